The minimum atomic E-state index is -4.74. The first kappa shape index (κ1) is 12.9. The van der Waals surface area contributed by atoms with Crippen molar-refractivity contribution in [3.63, 3.8) is 0 Å². The van der Waals surface area contributed by atoms with Crippen molar-refractivity contribution >= 4 is 17.7 Å². The Morgan fingerprint density at radius 3 is 2.56 bits per heavy atom. The highest BCUT2D eigenvalue weighted by atomic mass is 35.5. The number of alkyl halides is 3. The van der Waals surface area contributed by atoms with Crippen LogP contribution in [0.2, 0.25) is 5.02 Å². The van der Waals surface area contributed by atoms with E-state index in [4.69, 9.17) is 11.6 Å². The summed E-state index contributed by atoms with van der Waals surface area (Å²) in [4.78, 5) is 0. The van der Waals surface area contributed by atoms with Gasteiger partial charge in [-0.3, -0.25) is 0 Å². The van der Waals surface area contributed by atoms with E-state index in [-0.39, 0.29) is 5.02 Å². The molecule has 6 heteroatoms. The molecular weight excluding hydrogens is 245 g/mol. The summed E-state index contributed by atoms with van der Waals surface area (Å²) in [5.41, 5.74) is 0.465. The molecule has 0 saturated heterocycles. The number of hydrogen-bond donors (Lipinski definition) is 0. The van der Waals surface area contributed by atoms with Gasteiger partial charge in [-0.05, 0) is 23.8 Å². The van der Waals surface area contributed by atoms with Crippen molar-refractivity contribution < 1.29 is 23.0 Å². The highest BCUT2D eigenvalue weighted by Gasteiger charge is 2.31. The lowest BCUT2D eigenvalue weighted by Crippen LogP contribution is -2.17. The third kappa shape index (κ3) is 4.12. The molecule has 0 aliphatic rings. The summed E-state index contributed by atoms with van der Waals surface area (Å²) in [6.45, 7) is -0.420. The zero-order valence-electron chi connectivity index (χ0n) is 7.92. The predicted octanol–water partition coefficient (Wildman–Crippen LogP) is 3.68. The quantitative estimate of drug-likeness (QED) is 0.806. The van der Waals surface area contributed by atoms with E-state index in [1.54, 1.807) is 0 Å². The molecule has 1 aromatic carbocycles. The summed E-state index contributed by atoms with van der Waals surface area (Å²) in [7, 11) is 0. The van der Waals surface area contributed by atoms with Crippen molar-refractivity contribution in [1.82, 2.24) is 0 Å². The molecule has 0 aromatic heterocycles. The van der Waals surface area contributed by atoms with E-state index >= 15 is 0 Å². The van der Waals surface area contributed by atoms with Gasteiger partial charge in [0.25, 0.3) is 0 Å². The van der Waals surface area contributed by atoms with Gasteiger partial charge in [-0.25, -0.2) is 5.11 Å². The fourth-order valence-electron chi connectivity index (χ4n) is 1.02. The normalized spacial score (nSPS) is 12.1. The van der Waals surface area contributed by atoms with Crippen LogP contribution >= 0.6 is 11.6 Å². The number of benzene rings is 1. The summed E-state index contributed by atoms with van der Waals surface area (Å²) < 4.78 is 39.2. The van der Waals surface area contributed by atoms with Crippen molar-refractivity contribution in [2.75, 3.05) is 6.61 Å². The molecule has 2 nitrogen and oxygen atoms in total. The average molecular weight is 252 g/mol. The standard InChI is InChI=1S/C10H7ClF3O2/c11-9-6-8(16-10(12,13)14)4-3-7(9)2-1-5-15/h1-4,6H,5H2/b2-1+. The summed E-state index contributed by atoms with van der Waals surface area (Å²) in [6.07, 6.45) is -1.99. The highest BCUT2D eigenvalue weighted by Crippen LogP contribution is 2.28. The van der Waals surface area contributed by atoms with Crippen LogP contribution in [-0.2, 0) is 5.11 Å². The molecule has 0 spiro atoms. The van der Waals surface area contributed by atoms with Gasteiger partial charge in [-0.1, -0.05) is 23.8 Å². The van der Waals surface area contributed by atoms with Gasteiger partial charge in [0.1, 0.15) is 12.4 Å². The maximum atomic E-state index is 11.9. The molecule has 87 valence electrons. The maximum absolute atomic E-state index is 11.9. The first-order valence-corrected chi connectivity index (χ1v) is 4.60. The zero-order valence-corrected chi connectivity index (χ0v) is 8.68. The molecule has 0 heterocycles. The second kappa shape index (κ2) is 5.23. The Bertz CT molecular complexity index is 388. The van der Waals surface area contributed by atoms with Gasteiger partial charge in [-0.15, -0.1) is 13.2 Å². The molecular formula is C10H7ClF3O2. The van der Waals surface area contributed by atoms with E-state index in [0.717, 1.165) is 12.1 Å². The molecule has 0 unspecified atom stereocenters. The van der Waals surface area contributed by atoms with Gasteiger partial charge in [-0.2, -0.15) is 0 Å². The minimum absolute atomic E-state index is 0.0893. The smallest absolute Gasteiger partial charge is 0.406 e. The molecule has 0 saturated carbocycles. The summed E-state index contributed by atoms with van der Waals surface area (Å²) in [6, 6.07) is 3.51. The van der Waals surface area contributed by atoms with Crippen LogP contribution in [0.15, 0.2) is 24.3 Å². The minimum Gasteiger partial charge on any atom is -0.406 e. The lowest BCUT2D eigenvalue weighted by Gasteiger charge is -2.09. The van der Waals surface area contributed by atoms with Crippen LogP contribution in [-0.4, -0.2) is 13.0 Å². The molecule has 0 aliphatic heterocycles. The van der Waals surface area contributed by atoms with Gasteiger partial charge in [0.05, 0.1) is 5.02 Å². The third-order valence-electron chi connectivity index (χ3n) is 1.60. The SMILES string of the molecule is [O]C/C=C/c1ccc(OC(F)(F)F)cc1Cl. The third-order valence-corrected chi connectivity index (χ3v) is 1.93. The second-order valence-electron chi connectivity index (χ2n) is 2.80. The summed E-state index contributed by atoms with van der Waals surface area (Å²) in [5, 5.41) is 10.3. The Morgan fingerprint density at radius 2 is 2.06 bits per heavy atom. The molecule has 0 amide bonds. The molecule has 0 atom stereocenters. The van der Waals surface area contributed by atoms with Gasteiger partial charge in [0, 0.05) is 0 Å². The Morgan fingerprint density at radius 1 is 1.38 bits per heavy atom. The van der Waals surface area contributed by atoms with Crippen molar-refractivity contribution in [2.45, 2.75) is 6.36 Å². The molecule has 1 aromatic rings. The topological polar surface area (TPSA) is 29.1 Å². The fraction of sp³-hybridized carbons (Fsp3) is 0.200. The lowest BCUT2D eigenvalue weighted by atomic mass is 10.2. The monoisotopic (exact) mass is 251 g/mol. The maximum Gasteiger partial charge on any atom is 0.573 e. The van der Waals surface area contributed by atoms with Crippen molar-refractivity contribution in [3.8, 4) is 5.75 Å². The van der Waals surface area contributed by atoms with Crippen molar-refractivity contribution in [1.29, 1.82) is 0 Å². The average Bonchev–Trinajstić information content (AvgIpc) is 2.14. The van der Waals surface area contributed by atoms with Gasteiger partial charge in [0.15, 0.2) is 0 Å². The van der Waals surface area contributed by atoms with Gasteiger partial charge < -0.3 is 4.74 Å². The Labute approximate surface area is 94.9 Å². The van der Waals surface area contributed by atoms with E-state index < -0.39 is 18.7 Å². The highest BCUT2D eigenvalue weighted by molar-refractivity contribution is 6.32. The fourth-order valence-corrected chi connectivity index (χ4v) is 1.25. The Balaban J connectivity index is 2.87. The molecule has 16 heavy (non-hydrogen) atoms. The summed E-state index contributed by atoms with van der Waals surface area (Å²) in [5.74, 6) is -0.392. The first-order valence-electron chi connectivity index (χ1n) is 4.22. The predicted molar refractivity (Wildman–Crippen MR) is 52.7 cm³/mol. The van der Waals surface area contributed by atoms with Crippen LogP contribution in [0.4, 0.5) is 13.2 Å². The molecule has 0 bridgehead atoms. The van der Waals surface area contributed by atoms with Gasteiger partial charge >= 0.3 is 6.36 Å². The zero-order chi connectivity index (χ0) is 12.2. The van der Waals surface area contributed by atoms with Crippen LogP contribution in [0, 0.1) is 0 Å². The molecule has 1 rings (SSSR count). The van der Waals surface area contributed by atoms with Crippen LogP contribution in [0.3, 0.4) is 0 Å². The number of halogens is 4. The van der Waals surface area contributed by atoms with Crippen LogP contribution in [0.1, 0.15) is 5.56 Å². The van der Waals surface area contributed by atoms with Crippen molar-refractivity contribution in [3.05, 3.63) is 34.9 Å². The van der Waals surface area contributed by atoms with E-state index in [0.29, 0.717) is 5.56 Å². The molecule has 0 N–H and O–H groups in total. The number of hydrogen-bond acceptors (Lipinski definition) is 1. The number of rotatable bonds is 3. The molecule has 1 radical (unpaired) electrons. The Hall–Kier alpha value is -1.20. The van der Waals surface area contributed by atoms with E-state index in [2.05, 4.69) is 4.74 Å². The lowest BCUT2D eigenvalue weighted by molar-refractivity contribution is -0.274. The van der Waals surface area contributed by atoms with Crippen LogP contribution < -0.4 is 4.74 Å². The second-order valence-corrected chi connectivity index (χ2v) is 3.21. The van der Waals surface area contributed by atoms with Gasteiger partial charge in [0.2, 0.25) is 0 Å². The van der Waals surface area contributed by atoms with Crippen molar-refractivity contribution in [2.24, 2.45) is 0 Å². The Kier molecular flexibility index (Phi) is 4.20. The van der Waals surface area contributed by atoms with E-state index in [9.17, 15) is 18.3 Å². The first-order chi connectivity index (χ1) is 7.42. The van der Waals surface area contributed by atoms with E-state index in [1.165, 1.54) is 18.2 Å². The largest absolute Gasteiger partial charge is 0.573 e. The molecule has 0 aliphatic carbocycles. The summed E-state index contributed by atoms with van der Waals surface area (Å²) >= 11 is 5.69. The van der Waals surface area contributed by atoms with E-state index in [1.807, 2.05) is 0 Å². The van der Waals surface area contributed by atoms with Crippen LogP contribution in [0.5, 0.6) is 5.75 Å². The van der Waals surface area contributed by atoms with Crippen LogP contribution in [0.25, 0.3) is 6.08 Å². The molecule has 0 fully saturated rings. The number of ether oxygens (including phenoxy) is 1.